The van der Waals surface area contributed by atoms with Crippen molar-refractivity contribution in [1.29, 1.82) is 0 Å². The predicted molar refractivity (Wildman–Crippen MR) is 65.8 cm³/mol. The zero-order valence-corrected chi connectivity index (χ0v) is 10.8. The van der Waals surface area contributed by atoms with Gasteiger partial charge in [0.1, 0.15) is 0 Å². The van der Waals surface area contributed by atoms with Gasteiger partial charge in [0.15, 0.2) is 0 Å². The number of hydrogen-bond acceptors (Lipinski definition) is 3. The first-order valence-corrected chi connectivity index (χ1v) is 6.10. The molecule has 0 fully saturated rings. The monoisotopic (exact) mass is 216 g/mol. The van der Waals surface area contributed by atoms with Crippen LogP contribution in [0.1, 0.15) is 53.4 Å². The summed E-state index contributed by atoms with van der Waals surface area (Å²) in [5, 5.41) is 0. The van der Waals surface area contributed by atoms with E-state index in [4.69, 9.17) is 16.2 Å². The number of nitrogens with two attached hydrogens (primary N) is 2. The molecule has 0 spiro atoms. The standard InChI is InChI=1S/C12H28N2O/c1-5-11(13,6-2)9-15-10-12(14,7-3)8-4/h5-10,13-14H2,1-4H3. The van der Waals surface area contributed by atoms with Gasteiger partial charge in [-0.15, -0.1) is 0 Å². The van der Waals surface area contributed by atoms with Gasteiger partial charge in [0.05, 0.1) is 13.2 Å². The fourth-order valence-electron chi connectivity index (χ4n) is 1.37. The van der Waals surface area contributed by atoms with E-state index < -0.39 is 0 Å². The van der Waals surface area contributed by atoms with Gasteiger partial charge in [-0.05, 0) is 25.7 Å². The van der Waals surface area contributed by atoms with Crippen molar-refractivity contribution < 1.29 is 4.74 Å². The van der Waals surface area contributed by atoms with Crippen molar-refractivity contribution >= 4 is 0 Å². The highest BCUT2D eigenvalue weighted by atomic mass is 16.5. The van der Waals surface area contributed by atoms with Gasteiger partial charge in [0.2, 0.25) is 0 Å². The Bertz CT molecular complexity index is 145. The zero-order chi connectivity index (χ0) is 11.9. The van der Waals surface area contributed by atoms with Gasteiger partial charge >= 0.3 is 0 Å². The summed E-state index contributed by atoms with van der Waals surface area (Å²) in [6, 6.07) is 0. The third-order valence-corrected chi connectivity index (χ3v) is 3.60. The van der Waals surface area contributed by atoms with Crippen molar-refractivity contribution in [3.8, 4) is 0 Å². The molecule has 0 saturated carbocycles. The summed E-state index contributed by atoms with van der Waals surface area (Å²) in [6.07, 6.45) is 3.78. The lowest BCUT2D eigenvalue weighted by atomic mass is 9.94. The highest BCUT2D eigenvalue weighted by molar-refractivity contribution is 4.84. The maximum Gasteiger partial charge on any atom is 0.0646 e. The Morgan fingerprint density at radius 1 is 0.733 bits per heavy atom. The maximum absolute atomic E-state index is 6.14. The summed E-state index contributed by atoms with van der Waals surface area (Å²) in [5.41, 5.74) is 11.9. The van der Waals surface area contributed by atoms with Crippen molar-refractivity contribution in [2.75, 3.05) is 13.2 Å². The Hall–Kier alpha value is -0.120. The van der Waals surface area contributed by atoms with E-state index in [9.17, 15) is 0 Å². The largest absolute Gasteiger partial charge is 0.378 e. The van der Waals surface area contributed by atoms with Gasteiger partial charge in [-0.2, -0.15) is 0 Å². The first kappa shape index (κ1) is 14.9. The lowest BCUT2D eigenvalue weighted by Gasteiger charge is -2.31. The van der Waals surface area contributed by atoms with Crippen molar-refractivity contribution in [3.05, 3.63) is 0 Å². The molecule has 0 aliphatic heterocycles. The van der Waals surface area contributed by atoms with Crippen LogP contribution in [0, 0.1) is 0 Å². The minimum atomic E-state index is -0.178. The van der Waals surface area contributed by atoms with Crippen LogP contribution in [0.4, 0.5) is 0 Å². The topological polar surface area (TPSA) is 61.3 Å². The van der Waals surface area contributed by atoms with E-state index in [0.717, 1.165) is 25.7 Å². The highest BCUT2D eigenvalue weighted by Crippen LogP contribution is 2.15. The molecular weight excluding hydrogens is 188 g/mol. The summed E-state index contributed by atoms with van der Waals surface area (Å²) < 4.78 is 5.68. The summed E-state index contributed by atoms with van der Waals surface area (Å²) in [5.74, 6) is 0. The molecule has 3 nitrogen and oxygen atoms in total. The second kappa shape index (κ2) is 6.46. The maximum atomic E-state index is 6.14. The second-order valence-electron chi connectivity index (χ2n) is 4.63. The molecule has 0 bridgehead atoms. The van der Waals surface area contributed by atoms with Gasteiger partial charge in [-0.25, -0.2) is 0 Å². The van der Waals surface area contributed by atoms with Crippen LogP contribution in [0.2, 0.25) is 0 Å². The number of ether oxygens (including phenoxy) is 1. The average molecular weight is 216 g/mol. The van der Waals surface area contributed by atoms with Crippen LogP contribution < -0.4 is 11.5 Å². The quantitative estimate of drug-likeness (QED) is 0.652. The molecule has 0 aromatic carbocycles. The van der Waals surface area contributed by atoms with Crippen molar-refractivity contribution in [3.63, 3.8) is 0 Å². The molecule has 0 atom stereocenters. The molecule has 15 heavy (non-hydrogen) atoms. The summed E-state index contributed by atoms with van der Waals surface area (Å²) in [7, 11) is 0. The fraction of sp³-hybridized carbons (Fsp3) is 1.00. The van der Waals surface area contributed by atoms with Crippen LogP contribution in [0.15, 0.2) is 0 Å². The molecule has 0 aromatic rings. The molecular formula is C12H28N2O. The van der Waals surface area contributed by atoms with E-state index in [1.807, 2.05) is 0 Å². The van der Waals surface area contributed by atoms with Crippen molar-refractivity contribution in [1.82, 2.24) is 0 Å². The Morgan fingerprint density at radius 3 is 1.20 bits per heavy atom. The zero-order valence-electron chi connectivity index (χ0n) is 10.8. The Kier molecular flexibility index (Phi) is 6.41. The number of rotatable bonds is 8. The number of hydrogen-bond donors (Lipinski definition) is 2. The van der Waals surface area contributed by atoms with E-state index in [1.165, 1.54) is 0 Å². The molecule has 92 valence electrons. The highest BCUT2D eigenvalue weighted by Gasteiger charge is 2.24. The SMILES string of the molecule is CCC(N)(CC)COCC(N)(CC)CC. The first-order chi connectivity index (χ1) is 6.95. The van der Waals surface area contributed by atoms with Gasteiger partial charge < -0.3 is 16.2 Å². The minimum absolute atomic E-state index is 0.178. The van der Waals surface area contributed by atoms with Crippen molar-refractivity contribution in [2.45, 2.75) is 64.5 Å². The lowest BCUT2D eigenvalue weighted by Crippen LogP contribution is -2.48. The van der Waals surface area contributed by atoms with Crippen LogP contribution >= 0.6 is 0 Å². The molecule has 0 radical (unpaired) electrons. The Morgan fingerprint density at radius 2 is 1.00 bits per heavy atom. The summed E-state index contributed by atoms with van der Waals surface area (Å²) in [4.78, 5) is 0. The van der Waals surface area contributed by atoms with E-state index in [2.05, 4.69) is 27.7 Å². The van der Waals surface area contributed by atoms with Gasteiger partial charge in [-0.1, -0.05) is 27.7 Å². The van der Waals surface area contributed by atoms with Crippen molar-refractivity contribution in [2.24, 2.45) is 11.5 Å². The van der Waals surface area contributed by atoms with Gasteiger partial charge in [0.25, 0.3) is 0 Å². The van der Waals surface area contributed by atoms with Gasteiger partial charge in [0, 0.05) is 11.1 Å². The first-order valence-electron chi connectivity index (χ1n) is 6.10. The molecule has 0 aliphatic rings. The third-order valence-electron chi connectivity index (χ3n) is 3.60. The van der Waals surface area contributed by atoms with Crippen LogP contribution in [0.5, 0.6) is 0 Å². The summed E-state index contributed by atoms with van der Waals surface area (Å²) in [6.45, 7) is 9.62. The normalized spacial score (nSPS) is 13.2. The molecule has 0 amide bonds. The minimum Gasteiger partial charge on any atom is -0.378 e. The van der Waals surface area contributed by atoms with E-state index in [1.54, 1.807) is 0 Å². The van der Waals surface area contributed by atoms with E-state index in [0.29, 0.717) is 13.2 Å². The molecule has 0 aromatic heterocycles. The molecule has 0 rings (SSSR count). The summed E-state index contributed by atoms with van der Waals surface area (Å²) >= 11 is 0. The molecule has 0 saturated heterocycles. The Balaban J connectivity index is 3.96. The molecule has 0 aliphatic carbocycles. The molecule has 0 unspecified atom stereocenters. The smallest absolute Gasteiger partial charge is 0.0646 e. The van der Waals surface area contributed by atoms with Crippen LogP contribution in [-0.2, 0) is 4.74 Å². The lowest BCUT2D eigenvalue weighted by molar-refractivity contribution is 0.0437. The van der Waals surface area contributed by atoms with Crippen LogP contribution in [0.25, 0.3) is 0 Å². The second-order valence-corrected chi connectivity index (χ2v) is 4.63. The molecule has 3 heteroatoms. The average Bonchev–Trinajstić information content (AvgIpc) is 2.28. The molecule has 4 N–H and O–H groups in total. The Labute approximate surface area is 94.5 Å². The third kappa shape index (κ3) is 4.96. The van der Waals surface area contributed by atoms with Crippen LogP contribution in [0.3, 0.4) is 0 Å². The van der Waals surface area contributed by atoms with Gasteiger partial charge in [-0.3, -0.25) is 0 Å². The molecule has 0 heterocycles. The fourth-order valence-corrected chi connectivity index (χ4v) is 1.37. The predicted octanol–water partition coefficient (Wildman–Crippen LogP) is 2.04. The van der Waals surface area contributed by atoms with Crippen LogP contribution in [-0.4, -0.2) is 24.3 Å². The van der Waals surface area contributed by atoms with E-state index in [-0.39, 0.29) is 11.1 Å². The van der Waals surface area contributed by atoms with E-state index >= 15 is 0 Å².